The van der Waals surface area contributed by atoms with Gasteiger partial charge in [-0.1, -0.05) is 32.1 Å². The lowest BCUT2D eigenvalue weighted by Crippen LogP contribution is -2.54. The van der Waals surface area contributed by atoms with E-state index < -0.39 is 10.0 Å². The first kappa shape index (κ1) is 22.7. The zero-order valence-corrected chi connectivity index (χ0v) is 18.7. The first-order chi connectivity index (χ1) is 14.5. The average Bonchev–Trinajstić information content (AvgIpc) is 2.75. The summed E-state index contributed by atoms with van der Waals surface area (Å²) in [5, 5.41) is 3.16. The van der Waals surface area contributed by atoms with Crippen LogP contribution < -0.4 is 14.8 Å². The lowest BCUT2D eigenvalue weighted by atomic mass is 9.97. The fraction of sp³-hybridized carbons (Fsp3) is 0.667. The Morgan fingerprint density at radius 1 is 0.967 bits per heavy atom. The van der Waals surface area contributed by atoms with Crippen molar-refractivity contribution in [3.8, 4) is 11.5 Å². The number of methoxy groups -OCH3 is 2. The van der Waals surface area contributed by atoms with Crippen molar-refractivity contribution in [1.29, 1.82) is 0 Å². The molecule has 1 N–H and O–H groups in total. The molecule has 2 amide bonds. The van der Waals surface area contributed by atoms with Crippen LogP contribution in [0.5, 0.6) is 11.5 Å². The molecule has 0 spiro atoms. The summed E-state index contributed by atoms with van der Waals surface area (Å²) in [4.78, 5) is 14.5. The van der Waals surface area contributed by atoms with Crippen molar-refractivity contribution in [3.05, 3.63) is 18.2 Å². The van der Waals surface area contributed by atoms with Crippen molar-refractivity contribution in [3.63, 3.8) is 0 Å². The number of carbonyl (C=O) groups excluding carboxylic acids is 1. The Labute approximate surface area is 179 Å². The average molecular weight is 440 g/mol. The molecule has 1 saturated carbocycles. The maximum absolute atomic E-state index is 13.2. The van der Waals surface area contributed by atoms with Gasteiger partial charge in [0.2, 0.25) is 10.0 Å². The molecule has 1 heterocycles. The predicted molar refractivity (Wildman–Crippen MR) is 115 cm³/mol. The summed E-state index contributed by atoms with van der Waals surface area (Å²) in [6.45, 7) is 1.23. The fourth-order valence-corrected chi connectivity index (χ4v) is 5.72. The van der Waals surface area contributed by atoms with Gasteiger partial charge in [0.1, 0.15) is 16.4 Å². The van der Waals surface area contributed by atoms with E-state index >= 15 is 0 Å². The van der Waals surface area contributed by atoms with Crippen LogP contribution in [0.2, 0.25) is 0 Å². The van der Waals surface area contributed by atoms with Crippen molar-refractivity contribution in [2.45, 2.75) is 55.9 Å². The number of piperazine rings is 1. The van der Waals surface area contributed by atoms with E-state index in [4.69, 9.17) is 9.47 Å². The molecule has 0 radical (unpaired) electrons. The summed E-state index contributed by atoms with van der Waals surface area (Å²) < 4.78 is 38.2. The monoisotopic (exact) mass is 439 g/mol. The quantitative estimate of drug-likeness (QED) is 0.762. The second-order valence-electron chi connectivity index (χ2n) is 7.90. The minimum Gasteiger partial charge on any atom is -0.497 e. The Hall–Kier alpha value is -2.00. The molecule has 30 heavy (non-hydrogen) atoms. The number of ether oxygens (including phenoxy) is 2. The van der Waals surface area contributed by atoms with E-state index in [0.29, 0.717) is 18.8 Å². The normalized spacial score (nSPS) is 19.6. The molecule has 1 saturated heterocycles. The van der Waals surface area contributed by atoms with Crippen LogP contribution in [0.25, 0.3) is 0 Å². The SMILES string of the molecule is COc1ccc(OC)c(S(=O)(=O)N2CCN(C(=O)NC3CCCCCCC3)CC2)c1. The number of sulfonamides is 1. The van der Waals surface area contributed by atoms with E-state index in [-0.39, 0.29) is 35.8 Å². The molecule has 1 aliphatic carbocycles. The van der Waals surface area contributed by atoms with Gasteiger partial charge in [-0.05, 0) is 25.0 Å². The van der Waals surface area contributed by atoms with E-state index in [9.17, 15) is 13.2 Å². The number of hydrogen-bond acceptors (Lipinski definition) is 5. The second-order valence-corrected chi connectivity index (χ2v) is 9.81. The van der Waals surface area contributed by atoms with Gasteiger partial charge in [0.15, 0.2) is 0 Å². The van der Waals surface area contributed by atoms with Gasteiger partial charge in [-0.15, -0.1) is 0 Å². The van der Waals surface area contributed by atoms with Gasteiger partial charge >= 0.3 is 6.03 Å². The van der Waals surface area contributed by atoms with Crippen LogP contribution in [-0.2, 0) is 10.0 Å². The summed E-state index contributed by atoms with van der Waals surface area (Å²) in [5.41, 5.74) is 0. The Morgan fingerprint density at radius 3 is 2.20 bits per heavy atom. The first-order valence-corrected chi connectivity index (χ1v) is 12.2. The van der Waals surface area contributed by atoms with Crippen LogP contribution in [-0.4, -0.2) is 70.1 Å². The number of benzene rings is 1. The zero-order valence-electron chi connectivity index (χ0n) is 17.9. The molecule has 2 fully saturated rings. The Bertz CT molecular complexity index is 814. The highest BCUT2D eigenvalue weighted by Crippen LogP contribution is 2.31. The number of urea groups is 1. The molecule has 0 unspecified atom stereocenters. The molecule has 1 aliphatic heterocycles. The highest BCUT2D eigenvalue weighted by Gasteiger charge is 2.33. The van der Waals surface area contributed by atoms with Crippen molar-refractivity contribution >= 4 is 16.1 Å². The molecule has 9 heteroatoms. The third-order valence-corrected chi connectivity index (χ3v) is 7.87. The standard InChI is InChI=1S/C21H33N3O5S/c1-28-18-10-11-19(29-2)20(16-18)30(26,27)24-14-12-23(13-15-24)21(25)22-17-8-6-4-3-5-7-9-17/h10-11,16-17H,3-9,12-15H2,1-2H3,(H,22,25). The van der Waals surface area contributed by atoms with Gasteiger partial charge in [-0.2, -0.15) is 4.31 Å². The Kier molecular flexibility index (Phi) is 7.82. The van der Waals surface area contributed by atoms with Crippen LogP contribution in [0.4, 0.5) is 4.79 Å². The molecule has 168 valence electrons. The maximum atomic E-state index is 13.2. The molecule has 8 nitrogen and oxygen atoms in total. The number of nitrogens with zero attached hydrogens (tertiary/aromatic N) is 2. The lowest BCUT2D eigenvalue weighted by Gasteiger charge is -2.35. The third kappa shape index (κ3) is 5.37. The van der Waals surface area contributed by atoms with E-state index in [0.717, 1.165) is 25.7 Å². The smallest absolute Gasteiger partial charge is 0.317 e. The highest BCUT2D eigenvalue weighted by molar-refractivity contribution is 7.89. The summed E-state index contributed by atoms with van der Waals surface area (Å²) in [7, 11) is -0.818. The summed E-state index contributed by atoms with van der Waals surface area (Å²) in [5.74, 6) is 0.729. The van der Waals surface area contributed by atoms with E-state index in [1.165, 1.54) is 43.9 Å². The molecule has 0 bridgehead atoms. The van der Waals surface area contributed by atoms with Crippen LogP contribution in [0.3, 0.4) is 0 Å². The molecule has 1 aromatic rings. The minimum atomic E-state index is -3.75. The topological polar surface area (TPSA) is 88.2 Å². The van der Waals surface area contributed by atoms with E-state index in [1.807, 2.05) is 0 Å². The number of nitrogens with one attached hydrogen (secondary N) is 1. The second kappa shape index (κ2) is 10.3. The van der Waals surface area contributed by atoms with Crippen LogP contribution >= 0.6 is 0 Å². The van der Waals surface area contributed by atoms with E-state index in [2.05, 4.69) is 5.32 Å². The maximum Gasteiger partial charge on any atom is 0.317 e. The van der Waals surface area contributed by atoms with E-state index in [1.54, 1.807) is 17.0 Å². The van der Waals surface area contributed by atoms with Crippen LogP contribution in [0.15, 0.2) is 23.1 Å². The van der Waals surface area contributed by atoms with Gasteiger partial charge in [0.25, 0.3) is 0 Å². The zero-order chi connectivity index (χ0) is 21.6. The Morgan fingerprint density at radius 2 is 1.60 bits per heavy atom. The number of amides is 2. The molecular formula is C21H33N3O5S. The molecule has 3 rings (SSSR count). The minimum absolute atomic E-state index is 0.0803. The molecule has 0 aromatic heterocycles. The molecule has 0 atom stereocenters. The van der Waals surface area contributed by atoms with Crippen molar-refractivity contribution in [2.24, 2.45) is 0 Å². The summed E-state index contributed by atoms with van der Waals surface area (Å²) in [6, 6.07) is 4.86. The molecule has 2 aliphatic rings. The largest absolute Gasteiger partial charge is 0.497 e. The molecular weight excluding hydrogens is 406 g/mol. The molecule has 1 aromatic carbocycles. The number of rotatable bonds is 5. The Balaban J connectivity index is 1.61. The lowest BCUT2D eigenvalue weighted by molar-refractivity contribution is 0.167. The highest BCUT2D eigenvalue weighted by atomic mass is 32.2. The predicted octanol–water partition coefficient (Wildman–Crippen LogP) is 2.83. The third-order valence-electron chi connectivity index (χ3n) is 5.95. The fourth-order valence-electron chi connectivity index (χ4n) is 4.12. The van der Waals surface area contributed by atoms with Crippen LogP contribution in [0, 0.1) is 0 Å². The van der Waals surface area contributed by atoms with Gasteiger partial charge in [-0.3, -0.25) is 0 Å². The van der Waals surface area contributed by atoms with Gasteiger partial charge in [0, 0.05) is 38.3 Å². The van der Waals surface area contributed by atoms with Crippen LogP contribution in [0.1, 0.15) is 44.9 Å². The first-order valence-electron chi connectivity index (χ1n) is 10.7. The van der Waals surface area contributed by atoms with Gasteiger partial charge < -0.3 is 19.7 Å². The van der Waals surface area contributed by atoms with Crippen molar-refractivity contribution in [1.82, 2.24) is 14.5 Å². The number of carbonyl (C=O) groups is 1. The summed E-state index contributed by atoms with van der Waals surface area (Å²) in [6.07, 6.45) is 8.10. The van der Waals surface area contributed by atoms with Gasteiger partial charge in [0.05, 0.1) is 14.2 Å². The van der Waals surface area contributed by atoms with Crippen molar-refractivity contribution < 1.29 is 22.7 Å². The van der Waals surface area contributed by atoms with Crippen molar-refractivity contribution in [2.75, 3.05) is 40.4 Å². The summed E-state index contributed by atoms with van der Waals surface area (Å²) >= 11 is 0. The van der Waals surface area contributed by atoms with Gasteiger partial charge in [-0.25, -0.2) is 13.2 Å². The number of hydrogen-bond donors (Lipinski definition) is 1.